The van der Waals surface area contributed by atoms with Gasteiger partial charge in [0.15, 0.2) is 17.2 Å². The van der Waals surface area contributed by atoms with Gasteiger partial charge < -0.3 is 18.9 Å². The van der Waals surface area contributed by atoms with Gasteiger partial charge in [-0.15, -0.1) is 0 Å². The molecule has 6 nitrogen and oxygen atoms in total. The fourth-order valence-corrected chi connectivity index (χ4v) is 2.11. The van der Waals surface area contributed by atoms with Gasteiger partial charge in [-0.3, -0.25) is 0 Å². The molecule has 0 atom stereocenters. The van der Waals surface area contributed by atoms with E-state index in [0.717, 1.165) is 24.0 Å². The minimum atomic E-state index is -0.689. The van der Waals surface area contributed by atoms with Gasteiger partial charge in [0.2, 0.25) is 0 Å². The number of aromatic nitrogens is 1. The second kappa shape index (κ2) is 7.07. The zero-order valence-electron chi connectivity index (χ0n) is 13.6. The third kappa shape index (κ3) is 3.75. The van der Waals surface area contributed by atoms with Crippen LogP contribution in [0.25, 0.3) is 0 Å². The molecule has 0 saturated carbocycles. The van der Waals surface area contributed by atoms with Crippen molar-refractivity contribution >= 4 is 5.97 Å². The number of carbonyl (C=O) groups is 1. The molecule has 6 heteroatoms. The Kier molecular flexibility index (Phi) is 5.37. The molecule has 122 valence electrons. The maximum Gasteiger partial charge on any atom is 0.360 e. The first kappa shape index (κ1) is 16.7. The van der Waals surface area contributed by atoms with Crippen LogP contribution in [0, 0.1) is 0 Å². The summed E-state index contributed by atoms with van der Waals surface area (Å²) in [6, 6.07) is 0. The van der Waals surface area contributed by atoms with E-state index in [-0.39, 0.29) is 5.69 Å². The summed E-state index contributed by atoms with van der Waals surface area (Å²) in [5.41, 5.74) is 1.85. The van der Waals surface area contributed by atoms with Gasteiger partial charge in [0, 0.05) is 17.3 Å². The molecule has 0 aromatic carbocycles. The first-order chi connectivity index (χ1) is 10.5. The van der Waals surface area contributed by atoms with Crippen molar-refractivity contribution in [3.8, 4) is 5.75 Å². The van der Waals surface area contributed by atoms with Gasteiger partial charge in [0.05, 0.1) is 26.9 Å². The van der Waals surface area contributed by atoms with Crippen molar-refractivity contribution in [3.63, 3.8) is 0 Å². The maximum absolute atomic E-state index is 11.9. The number of carbonyl (C=O) groups excluding carboxylic acids is 1. The molecule has 0 amide bonds. The van der Waals surface area contributed by atoms with Crippen LogP contribution in [0.3, 0.4) is 0 Å². The third-order valence-corrected chi connectivity index (χ3v) is 3.49. The molecular formula is C16H23NO5. The molecule has 0 radical (unpaired) electrons. The fraction of sp³-hybridized carbons (Fsp3) is 0.625. The summed E-state index contributed by atoms with van der Waals surface area (Å²) in [6.07, 6.45) is 3.52. The van der Waals surface area contributed by atoms with Gasteiger partial charge >= 0.3 is 5.97 Å². The Labute approximate surface area is 130 Å². The Bertz CT molecular complexity index is 542. The van der Waals surface area contributed by atoms with Gasteiger partial charge in [-0.05, 0) is 20.3 Å². The number of hydrogen-bond donors (Lipinski definition) is 0. The number of hydrogen-bond acceptors (Lipinski definition) is 6. The van der Waals surface area contributed by atoms with Crippen LogP contribution in [-0.2, 0) is 27.4 Å². The Hall–Kier alpha value is -1.66. The number of fused-ring (bicyclic) bond motifs is 1. The molecular weight excluding hydrogens is 286 g/mol. The van der Waals surface area contributed by atoms with Crippen molar-refractivity contribution in [3.05, 3.63) is 23.0 Å². The topological polar surface area (TPSA) is 66.9 Å². The molecule has 1 aliphatic rings. The van der Waals surface area contributed by atoms with Crippen LogP contribution in [0.1, 0.15) is 55.2 Å². The average molecular weight is 309 g/mol. The largest absolute Gasteiger partial charge is 0.491 e. The number of unbranched alkanes of at least 4 members (excludes halogenated alkanes) is 1. The van der Waals surface area contributed by atoms with Gasteiger partial charge in [-0.25, -0.2) is 9.78 Å². The zero-order valence-corrected chi connectivity index (χ0v) is 13.6. The second-order valence-corrected chi connectivity index (χ2v) is 5.61. The fourth-order valence-electron chi connectivity index (χ4n) is 2.11. The average Bonchev–Trinajstić information content (AvgIpc) is 2.66. The van der Waals surface area contributed by atoms with E-state index < -0.39 is 11.8 Å². The summed E-state index contributed by atoms with van der Waals surface area (Å²) in [4.78, 5) is 16.1. The highest BCUT2D eigenvalue weighted by Gasteiger charge is 2.29. The molecule has 0 N–H and O–H groups in total. The number of esters is 1. The molecule has 1 aliphatic heterocycles. The lowest BCUT2D eigenvalue weighted by molar-refractivity contribution is -0.219. The summed E-state index contributed by atoms with van der Waals surface area (Å²) in [6.45, 7) is 6.96. The molecule has 2 heterocycles. The SMILES string of the molecule is CCCCOc1c(C(=O)OC)ncc2c1COC(C)(C)OC2. The van der Waals surface area contributed by atoms with Crippen LogP contribution in [0.5, 0.6) is 5.75 Å². The van der Waals surface area contributed by atoms with E-state index in [1.54, 1.807) is 6.20 Å². The predicted octanol–water partition coefficient (Wildman–Crippen LogP) is 2.83. The van der Waals surface area contributed by atoms with Gasteiger partial charge in [0.25, 0.3) is 0 Å². The molecule has 1 aromatic heterocycles. The van der Waals surface area contributed by atoms with Gasteiger partial charge in [0.1, 0.15) is 0 Å². The summed E-state index contributed by atoms with van der Waals surface area (Å²) in [7, 11) is 1.33. The van der Waals surface area contributed by atoms with Crippen LogP contribution in [0.2, 0.25) is 0 Å². The molecule has 2 rings (SSSR count). The lowest BCUT2D eigenvalue weighted by Gasteiger charge is -2.22. The van der Waals surface area contributed by atoms with E-state index >= 15 is 0 Å². The normalized spacial score (nSPS) is 16.5. The van der Waals surface area contributed by atoms with Crippen molar-refractivity contribution in [1.29, 1.82) is 0 Å². The molecule has 22 heavy (non-hydrogen) atoms. The molecule has 0 saturated heterocycles. The first-order valence-corrected chi connectivity index (χ1v) is 7.48. The smallest absolute Gasteiger partial charge is 0.360 e. The van der Waals surface area contributed by atoms with E-state index in [0.29, 0.717) is 25.6 Å². The van der Waals surface area contributed by atoms with Crippen molar-refractivity contribution < 1.29 is 23.7 Å². The number of ether oxygens (including phenoxy) is 4. The summed E-state index contributed by atoms with van der Waals surface area (Å²) < 4.78 is 22.1. The van der Waals surface area contributed by atoms with Crippen molar-refractivity contribution in [2.75, 3.05) is 13.7 Å². The van der Waals surface area contributed by atoms with Crippen LogP contribution < -0.4 is 4.74 Å². The monoisotopic (exact) mass is 309 g/mol. The van der Waals surface area contributed by atoms with Gasteiger partial charge in [-0.1, -0.05) is 13.3 Å². The van der Waals surface area contributed by atoms with E-state index in [4.69, 9.17) is 18.9 Å². The lowest BCUT2D eigenvalue weighted by atomic mass is 10.1. The number of methoxy groups -OCH3 is 1. The van der Waals surface area contributed by atoms with Crippen LogP contribution >= 0.6 is 0 Å². The Morgan fingerprint density at radius 1 is 1.36 bits per heavy atom. The molecule has 1 aromatic rings. The molecule has 0 spiro atoms. The van der Waals surface area contributed by atoms with E-state index in [9.17, 15) is 4.79 Å². The minimum Gasteiger partial charge on any atom is -0.491 e. The summed E-state index contributed by atoms with van der Waals surface area (Å²) >= 11 is 0. The van der Waals surface area contributed by atoms with E-state index in [1.807, 2.05) is 13.8 Å². The molecule has 0 bridgehead atoms. The number of nitrogens with zero attached hydrogens (tertiary/aromatic N) is 1. The van der Waals surface area contributed by atoms with E-state index in [1.165, 1.54) is 7.11 Å². The third-order valence-electron chi connectivity index (χ3n) is 3.49. The second-order valence-electron chi connectivity index (χ2n) is 5.61. The van der Waals surface area contributed by atoms with Gasteiger partial charge in [-0.2, -0.15) is 0 Å². The molecule has 0 fully saturated rings. The highest BCUT2D eigenvalue weighted by atomic mass is 16.7. The summed E-state index contributed by atoms with van der Waals surface area (Å²) in [5, 5.41) is 0. The highest BCUT2D eigenvalue weighted by Crippen LogP contribution is 2.32. The zero-order chi connectivity index (χ0) is 16.2. The predicted molar refractivity (Wildman–Crippen MR) is 79.6 cm³/mol. The highest BCUT2D eigenvalue weighted by molar-refractivity contribution is 5.90. The number of rotatable bonds is 5. The maximum atomic E-state index is 11.9. The van der Waals surface area contributed by atoms with Crippen LogP contribution in [0.4, 0.5) is 0 Å². The Balaban J connectivity index is 2.39. The van der Waals surface area contributed by atoms with Crippen molar-refractivity contribution in [2.45, 2.75) is 52.6 Å². The Morgan fingerprint density at radius 3 is 2.77 bits per heavy atom. The minimum absolute atomic E-state index is 0.181. The molecule has 0 aliphatic carbocycles. The first-order valence-electron chi connectivity index (χ1n) is 7.48. The Morgan fingerprint density at radius 2 is 2.09 bits per heavy atom. The quantitative estimate of drug-likeness (QED) is 0.615. The molecule has 0 unspecified atom stereocenters. The van der Waals surface area contributed by atoms with Crippen molar-refractivity contribution in [2.24, 2.45) is 0 Å². The summed E-state index contributed by atoms with van der Waals surface area (Å²) in [5.74, 6) is -0.761. The van der Waals surface area contributed by atoms with Crippen LogP contribution in [0.15, 0.2) is 6.20 Å². The van der Waals surface area contributed by atoms with E-state index in [2.05, 4.69) is 11.9 Å². The van der Waals surface area contributed by atoms with Crippen LogP contribution in [-0.4, -0.2) is 30.5 Å². The van der Waals surface area contributed by atoms with Crippen molar-refractivity contribution in [1.82, 2.24) is 4.98 Å². The number of pyridine rings is 1. The lowest BCUT2D eigenvalue weighted by Crippen LogP contribution is -2.25. The standard InChI is InChI=1S/C16H23NO5/c1-5-6-7-20-14-12-10-22-16(2,3)21-9-11(12)8-17-13(14)15(18)19-4/h8H,5-7,9-10H2,1-4H3.